The van der Waals surface area contributed by atoms with Crippen LogP contribution in [0.4, 0.5) is 5.69 Å². The van der Waals surface area contributed by atoms with Gasteiger partial charge in [0.1, 0.15) is 11.5 Å². The van der Waals surface area contributed by atoms with E-state index in [-0.39, 0.29) is 18.6 Å². The van der Waals surface area contributed by atoms with Gasteiger partial charge in [-0.15, -0.1) is 0 Å². The fourth-order valence-corrected chi connectivity index (χ4v) is 3.06. The van der Waals surface area contributed by atoms with Crippen LogP contribution in [-0.4, -0.2) is 22.2 Å². The Morgan fingerprint density at radius 2 is 2.29 bits per heavy atom. The molecule has 2 aromatic rings. The summed E-state index contributed by atoms with van der Waals surface area (Å²) in [6.45, 7) is 5.32. The highest BCUT2D eigenvalue weighted by Gasteiger charge is 2.29. The molecule has 1 atom stereocenters. The van der Waals surface area contributed by atoms with Crippen molar-refractivity contribution >= 4 is 11.6 Å². The van der Waals surface area contributed by atoms with Gasteiger partial charge in [0.05, 0.1) is 6.61 Å². The van der Waals surface area contributed by atoms with Crippen LogP contribution in [0.25, 0.3) is 11.3 Å². The van der Waals surface area contributed by atoms with E-state index >= 15 is 0 Å². The van der Waals surface area contributed by atoms with E-state index < -0.39 is 0 Å². The van der Waals surface area contributed by atoms with E-state index in [1.54, 1.807) is 13.8 Å². The first-order valence-electron chi connectivity index (χ1n) is 7.02. The fraction of sp³-hybridized carbons (Fsp3) is 0.375. The van der Waals surface area contributed by atoms with Gasteiger partial charge in [-0.05, 0) is 38.0 Å². The standard InChI is InChI=1S/C16H18N2O3/c1-9-6-13-7-12(4-5-15(13)18(9)11(3)20)16-14(8-19)10(2)21-17-16/h4-5,7,9,19H,6,8H2,1-3H3. The van der Waals surface area contributed by atoms with Crippen LogP contribution < -0.4 is 4.90 Å². The quantitative estimate of drug-likeness (QED) is 0.920. The molecule has 0 bridgehead atoms. The summed E-state index contributed by atoms with van der Waals surface area (Å²) in [4.78, 5) is 13.6. The molecule has 0 saturated heterocycles. The lowest BCUT2D eigenvalue weighted by molar-refractivity contribution is -0.116. The molecule has 3 rings (SSSR count). The number of carbonyl (C=O) groups is 1. The lowest BCUT2D eigenvalue weighted by atomic mass is 10.0. The third-order valence-corrected chi connectivity index (χ3v) is 4.05. The number of aryl methyl sites for hydroxylation is 1. The first-order chi connectivity index (χ1) is 10.0. The highest BCUT2D eigenvalue weighted by molar-refractivity contribution is 5.95. The highest BCUT2D eigenvalue weighted by Crippen LogP contribution is 2.36. The van der Waals surface area contributed by atoms with Crippen molar-refractivity contribution in [3.05, 3.63) is 35.1 Å². The summed E-state index contributed by atoms with van der Waals surface area (Å²) in [6.07, 6.45) is 0.827. The van der Waals surface area contributed by atoms with Crippen molar-refractivity contribution in [2.75, 3.05) is 4.90 Å². The van der Waals surface area contributed by atoms with Crippen LogP contribution in [0.3, 0.4) is 0 Å². The van der Waals surface area contributed by atoms with Crippen LogP contribution in [0.5, 0.6) is 0 Å². The van der Waals surface area contributed by atoms with Gasteiger partial charge in [0.25, 0.3) is 0 Å². The van der Waals surface area contributed by atoms with E-state index in [9.17, 15) is 9.90 Å². The molecule has 0 radical (unpaired) electrons. The van der Waals surface area contributed by atoms with Gasteiger partial charge in [-0.2, -0.15) is 0 Å². The maximum atomic E-state index is 11.7. The number of aliphatic hydroxyl groups excluding tert-OH is 1. The maximum Gasteiger partial charge on any atom is 0.224 e. The summed E-state index contributed by atoms with van der Waals surface area (Å²) in [6, 6.07) is 6.07. The van der Waals surface area contributed by atoms with Crippen molar-refractivity contribution in [2.45, 2.75) is 39.8 Å². The van der Waals surface area contributed by atoms with Gasteiger partial charge in [0.2, 0.25) is 5.91 Å². The van der Waals surface area contributed by atoms with Gasteiger partial charge in [-0.25, -0.2) is 0 Å². The maximum absolute atomic E-state index is 11.7. The Bertz CT molecular complexity index is 706. The van der Waals surface area contributed by atoms with E-state index in [1.165, 1.54) is 0 Å². The SMILES string of the molecule is CC(=O)N1c2ccc(-c3noc(C)c3CO)cc2CC1C. The molecule has 1 aromatic carbocycles. The fourth-order valence-electron chi connectivity index (χ4n) is 3.06. The van der Waals surface area contributed by atoms with Crippen molar-refractivity contribution in [1.82, 2.24) is 5.16 Å². The van der Waals surface area contributed by atoms with E-state index in [0.717, 1.165) is 23.2 Å². The second-order valence-corrected chi connectivity index (χ2v) is 5.51. The van der Waals surface area contributed by atoms with Crippen LogP contribution in [0.15, 0.2) is 22.7 Å². The second-order valence-electron chi connectivity index (χ2n) is 5.51. The smallest absolute Gasteiger partial charge is 0.224 e. The summed E-state index contributed by atoms with van der Waals surface area (Å²) < 4.78 is 5.17. The highest BCUT2D eigenvalue weighted by atomic mass is 16.5. The zero-order chi connectivity index (χ0) is 15.1. The van der Waals surface area contributed by atoms with E-state index in [4.69, 9.17) is 4.52 Å². The lowest BCUT2D eigenvalue weighted by Crippen LogP contribution is -2.33. The number of rotatable bonds is 2. The minimum Gasteiger partial charge on any atom is -0.391 e. The predicted molar refractivity (Wildman–Crippen MR) is 78.9 cm³/mol. The van der Waals surface area contributed by atoms with E-state index in [1.807, 2.05) is 30.0 Å². The molecule has 1 amide bonds. The third-order valence-electron chi connectivity index (χ3n) is 4.05. The first kappa shape index (κ1) is 13.8. The number of amides is 1. The minimum absolute atomic E-state index is 0.0577. The van der Waals surface area contributed by atoms with Crippen molar-refractivity contribution in [3.8, 4) is 11.3 Å². The molecule has 110 valence electrons. The summed E-state index contributed by atoms with van der Waals surface area (Å²) in [5.74, 6) is 0.689. The van der Waals surface area contributed by atoms with Gasteiger partial charge in [0, 0.05) is 29.8 Å². The predicted octanol–water partition coefficient (Wildman–Crippen LogP) is 2.44. The molecule has 0 fully saturated rings. The van der Waals surface area contributed by atoms with Gasteiger partial charge < -0.3 is 14.5 Å². The van der Waals surface area contributed by atoms with Gasteiger partial charge in [-0.1, -0.05) is 11.2 Å². The molecule has 1 aliphatic heterocycles. The topological polar surface area (TPSA) is 66.6 Å². The third kappa shape index (κ3) is 2.14. The number of aromatic nitrogens is 1. The molecule has 1 unspecified atom stereocenters. The van der Waals surface area contributed by atoms with Crippen LogP contribution in [0, 0.1) is 6.92 Å². The Balaban J connectivity index is 2.06. The van der Waals surface area contributed by atoms with Crippen molar-refractivity contribution in [2.24, 2.45) is 0 Å². The number of hydrogen-bond acceptors (Lipinski definition) is 4. The number of hydrogen-bond donors (Lipinski definition) is 1. The minimum atomic E-state index is -0.0995. The molecular formula is C16H18N2O3. The number of carbonyl (C=O) groups excluding carboxylic acids is 1. The summed E-state index contributed by atoms with van der Waals surface area (Å²) in [7, 11) is 0. The molecule has 5 heteroatoms. The number of aliphatic hydroxyl groups is 1. The van der Waals surface area contributed by atoms with Gasteiger partial charge in [-0.3, -0.25) is 4.79 Å². The second kappa shape index (κ2) is 5.00. The van der Waals surface area contributed by atoms with Crippen molar-refractivity contribution in [3.63, 3.8) is 0 Å². The zero-order valence-electron chi connectivity index (χ0n) is 12.4. The van der Waals surface area contributed by atoms with Crippen LogP contribution >= 0.6 is 0 Å². The molecule has 0 saturated carbocycles. The van der Waals surface area contributed by atoms with Gasteiger partial charge in [0.15, 0.2) is 0 Å². The average Bonchev–Trinajstić information content (AvgIpc) is 2.96. The molecular weight excluding hydrogens is 268 g/mol. The number of anilines is 1. The summed E-state index contributed by atoms with van der Waals surface area (Å²) in [5.41, 5.74) is 4.38. The molecule has 1 aliphatic rings. The van der Waals surface area contributed by atoms with E-state index in [0.29, 0.717) is 17.0 Å². The van der Waals surface area contributed by atoms with Crippen LogP contribution in [0.2, 0.25) is 0 Å². The monoisotopic (exact) mass is 286 g/mol. The molecule has 1 N–H and O–H groups in total. The Morgan fingerprint density at radius 1 is 1.52 bits per heavy atom. The Hall–Kier alpha value is -2.14. The number of benzene rings is 1. The van der Waals surface area contributed by atoms with E-state index in [2.05, 4.69) is 5.16 Å². The number of fused-ring (bicyclic) bond motifs is 1. The molecule has 21 heavy (non-hydrogen) atoms. The van der Waals surface area contributed by atoms with Crippen molar-refractivity contribution < 1.29 is 14.4 Å². The molecule has 5 nitrogen and oxygen atoms in total. The average molecular weight is 286 g/mol. The Morgan fingerprint density at radius 3 is 2.95 bits per heavy atom. The Labute approximate surface area is 123 Å². The number of nitrogens with zero attached hydrogens (tertiary/aromatic N) is 2. The normalized spacial score (nSPS) is 17.1. The largest absolute Gasteiger partial charge is 0.391 e. The summed E-state index contributed by atoms with van der Waals surface area (Å²) >= 11 is 0. The zero-order valence-corrected chi connectivity index (χ0v) is 12.4. The lowest BCUT2D eigenvalue weighted by Gasteiger charge is -2.20. The van der Waals surface area contributed by atoms with Gasteiger partial charge >= 0.3 is 0 Å². The summed E-state index contributed by atoms with van der Waals surface area (Å²) in [5, 5.41) is 13.5. The molecule has 0 spiro atoms. The molecule has 2 heterocycles. The van der Waals surface area contributed by atoms with Crippen LogP contribution in [-0.2, 0) is 17.8 Å². The Kier molecular flexibility index (Phi) is 3.29. The van der Waals surface area contributed by atoms with Crippen LogP contribution in [0.1, 0.15) is 30.7 Å². The molecule has 1 aromatic heterocycles. The first-order valence-corrected chi connectivity index (χ1v) is 7.02. The molecule has 0 aliphatic carbocycles. The van der Waals surface area contributed by atoms with Crippen molar-refractivity contribution in [1.29, 1.82) is 0 Å².